The van der Waals surface area contributed by atoms with E-state index in [1.165, 1.54) is 11.1 Å². The van der Waals surface area contributed by atoms with Crippen LogP contribution in [0.2, 0.25) is 0 Å². The van der Waals surface area contributed by atoms with E-state index in [0.717, 1.165) is 30.6 Å². The molecule has 1 atom stereocenters. The Morgan fingerprint density at radius 2 is 1.88 bits per heavy atom. The summed E-state index contributed by atoms with van der Waals surface area (Å²) < 4.78 is 1.82. The molecule has 4 rings (SSSR count). The Hall–Kier alpha value is -2.88. The van der Waals surface area contributed by atoms with E-state index < -0.39 is 0 Å². The Kier molecular flexibility index (Phi) is 4.57. The zero-order valence-electron chi connectivity index (χ0n) is 15.0. The summed E-state index contributed by atoms with van der Waals surface area (Å²) in [6.07, 6.45) is 6.24. The van der Waals surface area contributed by atoms with Crippen molar-refractivity contribution in [3.8, 4) is 5.69 Å². The molecule has 4 nitrogen and oxygen atoms in total. The highest BCUT2D eigenvalue weighted by Gasteiger charge is 2.29. The van der Waals surface area contributed by atoms with Gasteiger partial charge in [-0.1, -0.05) is 48.0 Å². The zero-order valence-corrected chi connectivity index (χ0v) is 15.0. The summed E-state index contributed by atoms with van der Waals surface area (Å²) in [5.41, 5.74) is 4.44. The van der Waals surface area contributed by atoms with E-state index in [1.807, 2.05) is 46.1 Å². The first kappa shape index (κ1) is 16.6. The van der Waals surface area contributed by atoms with Gasteiger partial charge in [-0.05, 0) is 43.0 Å². The molecule has 0 saturated carbocycles. The molecule has 1 aromatic heterocycles. The van der Waals surface area contributed by atoms with Crippen LogP contribution in [0.15, 0.2) is 67.0 Å². The molecule has 1 amide bonds. The highest BCUT2D eigenvalue weighted by Crippen LogP contribution is 2.32. The number of amides is 1. The number of carbonyl (C=O) groups excluding carboxylic acids is 1. The fourth-order valence-electron chi connectivity index (χ4n) is 3.65. The van der Waals surface area contributed by atoms with E-state index in [0.29, 0.717) is 6.42 Å². The number of aromatic nitrogens is 2. The topological polar surface area (TPSA) is 38.1 Å². The van der Waals surface area contributed by atoms with E-state index in [-0.39, 0.29) is 11.9 Å². The van der Waals surface area contributed by atoms with Crippen LogP contribution in [0, 0.1) is 6.92 Å². The number of hydrogen-bond acceptors (Lipinski definition) is 2. The second kappa shape index (κ2) is 7.16. The molecule has 1 aliphatic rings. The number of benzene rings is 2. The molecule has 3 aromatic rings. The van der Waals surface area contributed by atoms with Crippen LogP contribution in [0.1, 0.15) is 35.6 Å². The van der Waals surface area contributed by atoms with Crippen LogP contribution in [0.3, 0.4) is 0 Å². The molecule has 0 aliphatic carbocycles. The van der Waals surface area contributed by atoms with Gasteiger partial charge < -0.3 is 4.90 Å². The van der Waals surface area contributed by atoms with Gasteiger partial charge in [0, 0.05) is 12.7 Å². The maximum absolute atomic E-state index is 12.9. The summed E-state index contributed by atoms with van der Waals surface area (Å²) >= 11 is 0. The molecule has 2 heterocycles. The number of nitrogens with zero attached hydrogens (tertiary/aromatic N) is 3. The summed E-state index contributed by atoms with van der Waals surface area (Å²) in [7, 11) is 0. The maximum Gasteiger partial charge on any atom is 0.227 e. The van der Waals surface area contributed by atoms with Gasteiger partial charge in [0.05, 0.1) is 24.3 Å². The van der Waals surface area contributed by atoms with Crippen molar-refractivity contribution in [1.29, 1.82) is 0 Å². The van der Waals surface area contributed by atoms with E-state index in [2.05, 4.69) is 36.3 Å². The Morgan fingerprint density at radius 3 is 2.65 bits per heavy atom. The first-order chi connectivity index (χ1) is 12.7. The van der Waals surface area contributed by atoms with Gasteiger partial charge >= 0.3 is 0 Å². The van der Waals surface area contributed by atoms with Crippen LogP contribution in [0.4, 0.5) is 0 Å². The van der Waals surface area contributed by atoms with Gasteiger partial charge in [0.2, 0.25) is 5.91 Å². The van der Waals surface area contributed by atoms with Crippen molar-refractivity contribution in [3.63, 3.8) is 0 Å². The van der Waals surface area contributed by atoms with Crippen LogP contribution < -0.4 is 0 Å². The molecule has 4 heteroatoms. The third-order valence-electron chi connectivity index (χ3n) is 5.05. The summed E-state index contributed by atoms with van der Waals surface area (Å²) in [6.45, 7) is 2.93. The Labute approximate surface area is 154 Å². The molecule has 2 aromatic carbocycles. The van der Waals surface area contributed by atoms with Crippen LogP contribution in [0.5, 0.6) is 0 Å². The van der Waals surface area contributed by atoms with Crippen LogP contribution in [0.25, 0.3) is 5.69 Å². The molecule has 1 aliphatic heterocycles. The number of para-hydroxylation sites is 1. The SMILES string of the molecule is Cc1ccc(C2CCCN2C(=O)Cc2cnn(-c3ccccc3)c2)cc1. The second-order valence-electron chi connectivity index (χ2n) is 6.96. The largest absolute Gasteiger partial charge is 0.335 e. The standard InChI is InChI=1S/C22H23N3O/c1-17-9-11-19(12-10-17)21-8-5-13-24(21)22(26)14-18-15-23-25(16-18)20-6-3-2-4-7-20/h2-4,6-7,9-12,15-16,21H,5,8,13-14H2,1H3. The van der Waals surface area contributed by atoms with E-state index in [1.54, 1.807) is 6.20 Å². The van der Waals surface area contributed by atoms with Gasteiger partial charge in [-0.15, -0.1) is 0 Å². The first-order valence-corrected chi connectivity index (χ1v) is 9.16. The molecule has 132 valence electrons. The van der Waals surface area contributed by atoms with Gasteiger partial charge in [-0.25, -0.2) is 4.68 Å². The third kappa shape index (κ3) is 3.40. The molecule has 0 radical (unpaired) electrons. The van der Waals surface area contributed by atoms with Crippen molar-refractivity contribution in [2.45, 2.75) is 32.2 Å². The fourth-order valence-corrected chi connectivity index (χ4v) is 3.65. The van der Waals surface area contributed by atoms with Crippen molar-refractivity contribution in [1.82, 2.24) is 14.7 Å². The summed E-state index contributed by atoms with van der Waals surface area (Å²) in [5, 5.41) is 4.40. The third-order valence-corrected chi connectivity index (χ3v) is 5.05. The number of aryl methyl sites for hydroxylation is 1. The Balaban J connectivity index is 1.47. The molecule has 1 saturated heterocycles. The summed E-state index contributed by atoms with van der Waals surface area (Å²) in [5.74, 6) is 0.181. The Bertz CT molecular complexity index is 883. The lowest BCUT2D eigenvalue weighted by molar-refractivity contribution is -0.131. The lowest BCUT2D eigenvalue weighted by Gasteiger charge is -2.25. The smallest absolute Gasteiger partial charge is 0.227 e. The Morgan fingerprint density at radius 1 is 1.12 bits per heavy atom. The van der Waals surface area contributed by atoms with E-state index in [4.69, 9.17) is 0 Å². The predicted octanol–water partition coefficient (Wildman–Crippen LogP) is 4.09. The van der Waals surface area contributed by atoms with Gasteiger partial charge in [0.1, 0.15) is 0 Å². The average Bonchev–Trinajstić information content (AvgIpc) is 3.33. The van der Waals surface area contributed by atoms with E-state index >= 15 is 0 Å². The van der Waals surface area contributed by atoms with Crippen LogP contribution >= 0.6 is 0 Å². The molecule has 26 heavy (non-hydrogen) atoms. The van der Waals surface area contributed by atoms with Crippen LogP contribution in [-0.4, -0.2) is 27.1 Å². The quantitative estimate of drug-likeness (QED) is 0.714. The van der Waals surface area contributed by atoms with Crippen LogP contribution in [-0.2, 0) is 11.2 Å². The van der Waals surface area contributed by atoms with Gasteiger partial charge in [0.15, 0.2) is 0 Å². The van der Waals surface area contributed by atoms with Crippen molar-refractivity contribution in [2.75, 3.05) is 6.54 Å². The number of likely N-dealkylation sites (tertiary alicyclic amines) is 1. The number of rotatable bonds is 4. The average molecular weight is 345 g/mol. The predicted molar refractivity (Wildman–Crippen MR) is 102 cm³/mol. The first-order valence-electron chi connectivity index (χ1n) is 9.16. The summed E-state index contributed by atoms with van der Waals surface area (Å²) in [6, 6.07) is 18.7. The molecule has 1 unspecified atom stereocenters. The molecule has 1 fully saturated rings. The summed E-state index contributed by atoms with van der Waals surface area (Å²) in [4.78, 5) is 14.9. The van der Waals surface area contributed by atoms with Crippen molar-refractivity contribution in [2.24, 2.45) is 0 Å². The monoisotopic (exact) mass is 345 g/mol. The van der Waals surface area contributed by atoms with E-state index in [9.17, 15) is 4.79 Å². The zero-order chi connectivity index (χ0) is 17.9. The molecule has 0 bridgehead atoms. The van der Waals surface area contributed by atoms with Crippen molar-refractivity contribution < 1.29 is 4.79 Å². The van der Waals surface area contributed by atoms with Gasteiger partial charge in [-0.2, -0.15) is 5.10 Å². The lowest BCUT2D eigenvalue weighted by Crippen LogP contribution is -2.31. The number of hydrogen-bond donors (Lipinski definition) is 0. The van der Waals surface area contributed by atoms with Gasteiger partial charge in [0.25, 0.3) is 0 Å². The fraction of sp³-hybridized carbons (Fsp3) is 0.273. The normalized spacial score (nSPS) is 16.8. The molecule has 0 spiro atoms. The minimum Gasteiger partial charge on any atom is -0.335 e. The maximum atomic E-state index is 12.9. The number of carbonyl (C=O) groups is 1. The minimum absolute atomic E-state index is 0.181. The lowest BCUT2D eigenvalue weighted by atomic mass is 10.0. The molecular weight excluding hydrogens is 322 g/mol. The minimum atomic E-state index is 0.181. The molecular formula is C22H23N3O. The van der Waals surface area contributed by atoms with Crippen molar-refractivity contribution in [3.05, 3.63) is 83.7 Å². The van der Waals surface area contributed by atoms with Crippen molar-refractivity contribution >= 4 is 5.91 Å². The highest BCUT2D eigenvalue weighted by atomic mass is 16.2. The van der Waals surface area contributed by atoms with Gasteiger partial charge in [-0.3, -0.25) is 4.79 Å². The molecule has 0 N–H and O–H groups in total. The second-order valence-corrected chi connectivity index (χ2v) is 6.96. The highest BCUT2D eigenvalue weighted by molar-refractivity contribution is 5.79.